The first kappa shape index (κ1) is 19.7. The molecule has 1 fully saturated rings. The average molecular weight is 414 g/mol. The van der Waals surface area contributed by atoms with E-state index in [4.69, 9.17) is 9.47 Å². The summed E-state index contributed by atoms with van der Waals surface area (Å²) in [5.41, 5.74) is -1.05. The Morgan fingerprint density at radius 2 is 1.92 bits per heavy atom. The van der Waals surface area contributed by atoms with Gasteiger partial charge in [-0.1, -0.05) is 28.1 Å². The van der Waals surface area contributed by atoms with Crippen molar-refractivity contribution in [2.24, 2.45) is 0 Å². The van der Waals surface area contributed by atoms with Crippen LogP contribution in [-0.4, -0.2) is 45.9 Å². The second-order valence-electron chi connectivity index (χ2n) is 7.43. The van der Waals surface area contributed by atoms with Crippen molar-refractivity contribution in [1.29, 1.82) is 0 Å². The Balaban J connectivity index is 2.06. The zero-order chi connectivity index (χ0) is 18.8. The van der Waals surface area contributed by atoms with E-state index in [0.29, 0.717) is 6.61 Å². The Morgan fingerprint density at radius 3 is 2.44 bits per heavy atom. The molecule has 0 saturated carbocycles. The predicted molar refractivity (Wildman–Crippen MR) is 96.3 cm³/mol. The Hall–Kier alpha value is -1.60. The summed E-state index contributed by atoms with van der Waals surface area (Å²) >= 11 is 3.38. The number of likely N-dealkylation sites (tertiary alicyclic amines) is 1. The number of carbonyl (C=O) groups excluding carboxylic acids is 1. The first-order chi connectivity index (χ1) is 11.5. The molecule has 0 aromatic heterocycles. The van der Waals surface area contributed by atoms with Crippen LogP contribution in [0.15, 0.2) is 28.7 Å². The van der Waals surface area contributed by atoms with Gasteiger partial charge in [-0.3, -0.25) is 4.90 Å². The lowest BCUT2D eigenvalue weighted by Gasteiger charge is -2.32. The molecule has 1 N–H and O–H groups in total. The first-order valence-electron chi connectivity index (χ1n) is 8.11. The van der Waals surface area contributed by atoms with Gasteiger partial charge in [0.15, 0.2) is 0 Å². The van der Waals surface area contributed by atoms with Crippen molar-refractivity contribution in [3.8, 4) is 0 Å². The highest BCUT2D eigenvalue weighted by Gasteiger charge is 2.51. The molecule has 1 aromatic rings. The lowest BCUT2D eigenvalue weighted by molar-refractivity contribution is -0.148. The molecule has 2 atom stereocenters. The number of halogens is 1. The normalized spacial score (nSPS) is 23.6. The number of hydrogen-bond donors (Lipinski definition) is 1. The molecule has 138 valence electrons. The average Bonchev–Trinajstić information content (AvgIpc) is 2.84. The van der Waals surface area contributed by atoms with Gasteiger partial charge in [0.1, 0.15) is 11.1 Å². The zero-order valence-corrected chi connectivity index (χ0v) is 16.5. The van der Waals surface area contributed by atoms with Crippen molar-refractivity contribution in [3.05, 3.63) is 34.3 Å². The standard InChI is InChI=1S/C18H24BrNO5/c1-17(2,3)25-16(23)20-10-14(9-18(20,4)15(21)22)24-11-12-5-7-13(19)8-6-12/h5-8,14H,9-11H2,1-4H3,(H,21,22). The van der Waals surface area contributed by atoms with Gasteiger partial charge in [-0.15, -0.1) is 0 Å². The van der Waals surface area contributed by atoms with Crippen LogP contribution in [-0.2, 0) is 20.9 Å². The van der Waals surface area contributed by atoms with Gasteiger partial charge in [0.05, 0.1) is 19.3 Å². The van der Waals surface area contributed by atoms with E-state index in [9.17, 15) is 14.7 Å². The number of ether oxygens (including phenoxy) is 2. The van der Waals surface area contributed by atoms with Crippen molar-refractivity contribution < 1.29 is 24.2 Å². The van der Waals surface area contributed by atoms with Crippen LogP contribution in [0.1, 0.15) is 39.7 Å². The maximum atomic E-state index is 12.4. The fourth-order valence-corrected chi connectivity index (χ4v) is 2.99. The topological polar surface area (TPSA) is 76.1 Å². The van der Waals surface area contributed by atoms with Crippen LogP contribution in [0, 0.1) is 0 Å². The van der Waals surface area contributed by atoms with Crippen LogP contribution in [0.4, 0.5) is 4.79 Å². The van der Waals surface area contributed by atoms with Crippen LogP contribution in [0.2, 0.25) is 0 Å². The van der Waals surface area contributed by atoms with Crippen LogP contribution in [0.3, 0.4) is 0 Å². The summed E-state index contributed by atoms with van der Waals surface area (Å²) in [7, 11) is 0. The highest BCUT2D eigenvalue weighted by molar-refractivity contribution is 9.10. The van der Waals surface area contributed by atoms with Crippen molar-refractivity contribution in [1.82, 2.24) is 4.90 Å². The molecule has 1 aliphatic heterocycles. The number of rotatable bonds is 4. The minimum atomic E-state index is -1.34. The third-order valence-corrected chi connectivity index (χ3v) is 4.61. The van der Waals surface area contributed by atoms with E-state index in [1.165, 1.54) is 11.8 Å². The Morgan fingerprint density at radius 1 is 1.32 bits per heavy atom. The Kier molecular flexibility index (Phi) is 5.79. The summed E-state index contributed by atoms with van der Waals surface area (Å²) in [6.07, 6.45) is -0.776. The quantitative estimate of drug-likeness (QED) is 0.811. The summed E-state index contributed by atoms with van der Waals surface area (Å²) in [6, 6.07) is 7.70. The molecule has 25 heavy (non-hydrogen) atoms. The molecule has 1 amide bonds. The number of nitrogens with zero attached hydrogens (tertiary/aromatic N) is 1. The largest absolute Gasteiger partial charge is 0.480 e. The minimum absolute atomic E-state index is 0.189. The maximum Gasteiger partial charge on any atom is 0.411 e. The summed E-state index contributed by atoms with van der Waals surface area (Å²) in [5.74, 6) is -1.06. The van der Waals surface area contributed by atoms with Gasteiger partial charge in [0, 0.05) is 10.9 Å². The molecular weight excluding hydrogens is 390 g/mol. The van der Waals surface area contributed by atoms with E-state index in [-0.39, 0.29) is 19.1 Å². The molecule has 2 unspecified atom stereocenters. The number of carboxylic acids is 1. The molecule has 0 bridgehead atoms. The molecular formula is C18H24BrNO5. The summed E-state index contributed by atoms with van der Waals surface area (Å²) in [4.78, 5) is 25.4. The van der Waals surface area contributed by atoms with E-state index < -0.39 is 23.2 Å². The molecule has 0 spiro atoms. The van der Waals surface area contributed by atoms with Crippen LogP contribution in [0.5, 0.6) is 0 Å². The van der Waals surface area contributed by atoms with Gasteiger partial charge >= 0.3 is 12.1 Å². The number of benzene rings is 1. The molecule has 2 rings (SSSR count). The van der Waals surface area contributed by atoms with E-state index in [1.54, 1.807) is 20.8 Å². The molecule has 6 nitrogen and oxygen atoms in total. The lowest BCUT2D eigenvalue weighted by Crippen LogP contribution is -2.52. The van der Waals surface area contributed by atoms with Gasteiger partial charge in [0.2, 0.25) is 0 Å². The fourth-order valence-electron chi connectivity index (χ4n) is 2.73. The monoisotopic (exact) mass is 413 g/mol. The van der Waals surface area contributed by atoms with Crippen LogP contribution in [0.25, 0.3) is 0 Å². The maximum absolute atomic E-state index is 12.4. The second-order valence-corrected chi connectivity index (χ2v) is 8.35. The van der Waals surface area contributed by atoms with Crippen molar-refractivity contribution in [3.63, 3.8) is 0 Å². The SMILES string of the molecule is CC(C)(C)OC(=O)N1CC(OCc2ccc(Br)cc2)CC1(C)C(=O)O. The van der Waals surface area contributed by atoms with Gasteiger partial charge in [-0.05, 0) is 45.4 Å². The smallest absolute Gasteiger partial charge is 0.411 e. The lowest BCUT2D eigenvalue weighted by atomic mass is 9.98. The fraction of sp³-hybridized carbons (Fsp3) is 0.556. The van der Waals surface area contributed by atoms with Crippen LogP contribution < -0.4 is 0 Å². The van der Waals surface area contributed by atoms with Crippen LogP contribution >= 0.6 is 15.9 Å². The molecule has 0 aliphatic carbocycles. The zero-order valence-electron chi connectivity index (χ0n) is 14.9. The van der Waals surface area contributed by atoms with Gasteiger partial charge < -0.3 is 14.6 Å². The molecule has 1 aliphatic rings. The number of carboxylic acid groups (broad SMARTS) is 1. The van der Waals surface area contributed by atoms with E-state index in [0.717, 1.165) is 10.0 Å². The third kappa shape index (κ3) is 4.95. The highest BCUT2D eigenvalue weighted by atomic mass is 79.9. The number of amides is 1. The highest BCUT2D eigenvalue weighted by Crippen LogP contribution is 2.33. The molecule has 1 aromatic carbocycles. The molecule has 1 heterocycles. The second kappa shape index (κ2) is 7.33. The van der Waals surface area contributed by atoms with Gasteiger partial charge in [-0.2, -0.15) is 0 Å². The summed E-state index contributed by atoms with van der Waals surface area (Å²) < 4.78 is 12.2. The van der Waals surface area contributed by atoms with E-state index >= 15 is 0 Å². The molecule has 0 radical (unpaired) electrons. The summed E-state index contributed by atoms with van der Waals surface area (Å²) in [5, 5.41) is 9.61. The Bertz CT molecular complexity index is 640. The van der Waals surface area contributed by atoms with Crippen molar-refractivity contribution in [2.45, 2.75) is 58.0 Å². The Labute approximate surface area is 156 Å². The van der Waals surface area contributed by atoms with Crippen molar-refractivity contribution >= 4 is 28.0 Å². The summed E-state index contributed by atoms with van der Waals surface area (Å²) in [6.45, 7) is 7.33. The number of carbonyl (C=O) groups is 2. The molecule has 1 saturated heterocycles. The third-order valence-electron chi connectivity index (χ3n) is 4.08. The number of hydrogen-bond acceptors (Lipinski definition) is 4. The van der Waals surface area contributed by atoms with Crippen molar-refractivity contribution in [2.75, 3.05) is 6.54 Å². The predicted octanol–water partition coefficient (Wildman–Crippen LogP) is 3.82. The van der Waals surface area contributed by atoms with E-state index in [2.05, 4.69) is 15.9 Å². The van der Waals surface area contributed by atoms with Gasteiger partial charge in [-0.25, -0.2) is 9.59 Å². The minimum Gasteiger partial charge on any atom is -0.480 e. The van der Waals surface area contributed by atoms with E-state index in [1.807, 2.05) is 24.3 Å². The molecule has 7 heteroatoms. The number of aliphatic carboxylic acids is 1. The first-order valence-corrected chi connectivity index (χ1v) is 8.90. The van der Waals surface area contributed by atoms with Gasteiger partial charge in [0.25, 0.3) is 0 Å².